The number of hydrogen-bond donors (Lipinski definition) is 0. The maximum atomic E-state index is 7.31. The summed E-state index contributed by atoms with van der Waals surface area (Å²) in [4.78, 5) is 4.59. The first-order chi connectivity index (χ1) is 11.5. The second-order valence-corrected chi connectivity index (χ2v) is 7.12. The highest BCUT2D eigenvalue weighted by Crippen LogP contribution is 2.37. The molecular formula is C16H20BNO3S. The number of aromatic nitrogens is 1. The third-order valence-electron chi connectivity index (χ3n) is 4.24. The highest BCUT2D eigenvalue weighted by atomic mass is 32.1. The van der Waals surface area contributed by atoms with Crippen molar-refractivity contribution in [3.8, 4) is 16.3 Å². The Morgan fingerprint density at radius 2 is 1.86 bits per heavy atom. The van der Waals surface area contributed by atoms with Crippen molar-refractivity contribution in [3.63, 3.8) is 0 Å². The topological polar surface area (TPSA) is 40.6 Å². The van der Waals surface area contributed by atoms with Crippen LogP contribution in [0.1, 0.15) is 31.8 Å². The van der Waals surface area contributed by atoms with E-state index >= 15 is 0 Å². The molecule has 1 aromatic carbocycles. The third kappa shape index (κ3) is 2.55. The van der Waals surface area contributed by atoms with E-state index in [4.69, 9.17) is 18.2 Å². The molecule has 116 valence electrons. The van der Waals surface area contributed by atoms with Gasteiger partial charge in [0.05, 0.1) is 33.5 Å². The number of rotatable bonds is 3. The SMILES string of the molecule is [2H]C([2H])([2H])Oc1ccccc1-c1nc(B2OC(C)(C)C(C)(C)O2)cs1. The number of nitrogens with zero attached hydrogens (tertiary/aromatic N) is 1. The van der Waals surface area contributed by atoms with Crippen LogP contribution in [0.3, 0.4) is 0 Å². The van der Waals surface area contributed by atoms with Gasteiger partial charge in [-0.15, -0.1) is 11.3 Å². The molecule has 0 bridgehead atoms. The number of methoxy groups -OCH3 is 1. The van der Waals surface area contributed by atoms with E-state index in [1.54, 1.807) is 18.2 Å². The fraction of sp³-hybridized carbons (Fsp3) is 0.438. The van der Waals surface area contributed by atoms with Crippen LogP contribution in [0.4, 0.5) is 0 Å². The van der Waals surface area contributed by atoms with Crippen LogP contribution in [0.25, 0.3) is 10.6 Å². The zero-order valence-corrected chi connectivity index (χ0v) is 13.9. The van der Waals surface area contributed by atoms with Crippen LogP contribution in [-0.2, 0) is 9.31 Å². The molecule has 3 rings (SSSR count). The number of ether oxygens (including phenoxy) is 1. The van der Waals surface area contributed by atoms with Gasteiger partial charge >= 0.3 is 7.12 Å². The van der Waals surface area contributed by atoms with Crippen LogP contribution < -0.4 is 10.3 Å². The van der Waals surface area contributed by atoms with Gasteiger partial charge in [0.25, 0.3) is 0 Å². The Balaban J connectivity index is 1.89. The number of benzene rings is 1. The van der Waals surface area contributed by atoms with Gasteiger partial charge in [-0.3, -0.25) is 0 Å². The molecule has 0 saturated carbocycles. The van der Waals surface area contributed by atoms with Crippen molar-refractivity contribution in [2.45, 2.75) is 38.9 Å². The van der Waals surface area contributed by atoms with Crippen molar-refractivity contribution in [1.29, 1.82) is 0 Å². The van der Waals surface area contributed by atoms with E-state index in [0.29, 0.717) is 16.2 Å². The van der Waals surface area contributed by atoms with Crippen LogP contribution in [-0.4, -0.2) is 30.3 Å². The molecule has 6 heteroatoms. The molecule has 0 N–H and O–H groups in total. The summed E-state index contributed by atoms with van der Waals surface area (Å²) in [7, 11) is -3.06. The van der Waals surface area contributed by atoms with Gasteiger partial charge in [-0.2, -0.15) is 0 Å². The minimum absolute atomic E-state index is 0.275. The summed E-state index contributed by atoms with van der Waals surface area (Å²) < 4.78 is 39.0. The zero-order chi connectivity index (χ0) is 18.5. The average Bonchev–Trinajstić information content (AvgIpc) is 3.01. The molecule has 0 atom stereocenters. The molecule has 1 aliphatic rings. The van der Waals surface area contributed by atoms with Gasteiger partial charge in [0, 0.05) is 5.38 Å². The van der Waals surface area contributed by atoms with Crippen LogP contribution in [0.15, 0.2) is 29.6 Å². The maximum Gasteiger partial charge on any atom is 0.515 e. The summed E-state index contributed by atoms with van der Waals surface area (Å²) in [5, 5.41) is 2.52. The summed E-state index contributed by atoms with van der Waals surface area (Å²) >= 11 is 1.40. The first-order valence-corrected chi connectivity index (χ1v) is 7.96. The molecule has 2 aromatic rings. The smallest absolute Gasteiger partial charge is 0.496 e. The summed E-state index contributed by atoms with van der Waals surface area (Å²) in [6.07, 6.45) is 0. The Morgan fingerprint density at radius 3 is 2.55 bits per heavy atom. The van der Waals surface area contributed by atoms with Crippen LogP contribution >= 0.6 is 11.3 Å². The molecule has 0 radical (unpaired) electrons. The number of thiazole rings is 1. The van der Waals surface area contributed by atoms with Crippen molar-refractivity contribution in [3.05, 3.63) is 29.6 Å². The predicted molar refractivity (Wildman–Crippen MR) is 89.8 cm³/mol. The normalized spacial score (nSPS) is 22.0. The van der Waals surface area contributed by atoms with Gasteiger partial charge in [-0.05, 0) is 39.8 Å². The molecule has 0 spiro atoms. The molecular weight excluding hydrogens is 297 g/mol. The number of para-hydroxylation sites is 1. The molecule has 1 fully saturated rings. The van der Waals surface area contributed by atoms with E-state index in [1.165, 1.54) is 11.3 Å². The molecule has 1 aliphatic heterocycles. The van der Waals surface area contributed by atoms with Gasteiger partial charge in [0.1, 0.15) is 10.8 Å². The Labute approximate surface area is 139 Å². The molecule has 22 heavy (non-hydrogen) atoms. The monoisotopic (exact) mass is 320 g/mol. The van der Waals surface area contributed by atoms with Crippen molar-refractivity contribution in [2.24, 2.45) is 0 Å². The standard InChI is InChI=1S/C16H20BNO3S/c1-15(2)16(3,4)21-17(20-15)13-10-22-14(18-13)11-8-6-7-9-12(11)19-5/h6-10H,1-5H3/i5D3. The van der Waals surface area contributed by atoms with Crippen molar-refractivity contribution in [1.82, 2.24) is 4.98 Å². The lowest BCUT2D eigenvalue weighted by atomic mass is 9.86. The number of hydrogen-bond acceptors (Lipinski definition) is 5. The molecule has 0 amide bonds. The van der Waals surface area contributed by atoms with E-state index in [-0.39, 0.29) is 5.75 Å². The van der Waals surface area contributed by atoms with E-state index in [1.807, 2.05) is 39.1 Å². The zero-order valence-electron chi connectivity index (χ0n) is 16.0. The van der Waals surface area contributed by atoms with E-state index in [0.717, 1.165) is 0 Å². The lowest BCUT2D eigenvalue weighted by Crippen LogP contribution is -2.41. The predicted octanol–water partition coefficient (Wildman–Crippen LogP) is 3.12. The third-order valence-corrected chi connectivity index (χ3v) is 5.14. The molecule has 0 unspecified atom stereocenters. The lowest BCUT2D eigenvalue weighted by Gasteiger charge is -2.32. The van der Waals surface area contributed by atoms with Gasteiger partial charge in [-0.1, -0.05) is 12.1 Å². The minimum Gasteiger partial charge on any atom is -0.496 e. The Bertz CT molecular complexity index is 760. The van der Waals surface area contributed by atoms with E-state index < -0.39 is 25.4 Å². The van der Waals surface area contributed by atoms with Gasteiger partial charge in [-0.25, -0.2) is 4.98 Å². The summed E-state index contributed by atoms with van der Waals surface area (Å²) in [5.41, 5.74) is 0.418. The molecule has 1 saturated heterocycles. The molecule has 1 aromatic heterocycles. The van der Waals surface area contributed by atoms with Crippen molar-refractivity contribution < 1.29 is 18.2 Å². The maximum absolute atomic E-state index is 7.31. The van der Waals surface area contributed by atoms with Crippen LogP contribution in [0.5, 0.6) is 5.75 Å². The quantitative estimate of drug-likeness (QED) is 0.815. The molecule has 4 nitrogen and oxygen atoms in total. The van der Waals surface area contributed by atoms with E-state index in [9.17, 15) is 0 Å². The van der Waals surface area contributed by atoms with Crippen molar-refractivity contribution in [2.75, 3.05) is 7.04 Å². The Morgan fingerprint density at radius 1 is 1.18 bits per heavy atom. The first-order valence-electron chi connectivity index (χ1n) is 8.58. The molecule has 2 heterocycles. The second-order valence-electron chi connectivity index (χ2n) is 6.26. The first kappa shape index (κ1) is 12.1. The van der Waals surface area contributed by atoms with Crippen LogP contribution in [0.2, 0.25) is 0 Å². The van der Waals surface area contributed by atoms with Gasteiger partial charge in [0.2, 0.25) is 0 Å². The van der Waals surface area contributed by atoms with Crippen molar-refractivity contribution >= 4 is 24.0 Å². The highest BCUT2D eigenvalue weighted by molar-refractivity contribution is 7.14. The molecule has 0 aliphatic carbocycles. The lowest BCUT2D eigenvalue weighted by molar-refractivity contribution is 0.00578. The Kier molecular flexibility index (Phi) is 2.95. The van der Waals surface area contributed by atoms with Gasteiger partial charge in [0.15, 0.2) is 0 Å². The van der Waals surface area contributed by atoms with Crippen LogP contribution in [0, 0.1) is 0 Å². The fourth-order valence-corrected chi connectivity index (χ4v) is 3.06. The second kappa shape index (κ2) is 5.37. The highest BCUT2D eigenvalue weighted by Gasteiger charge is 2.52. The largest absolute Gasteiger partial charge is 0.515 e. The van der Waals surface area contributed by atoms with Gasteiger partial charge < -0.3 is 14.0 Å². The summed E-state index contributed by atoms with van der Waals surface area (Å²) in [5.74, 6) is 0.275. The average molecular weight is 320 g/mol. The minimum atomic E-state index is -2.51. The summed E-state index contributed by atoms with van der Waals surface area (Å²) in [6, 6.07) is 6.95. The fourth-order valence-electron chi connectivity index (χ4n) is 2.21. The summed E-state index contributed by atoms with van der Waals surface area (Å²) in [6.45, 7) is 7.94. The van der Waals surface area contributed by atoms with E-state index in [2.05, 4.69) is 4.98 Å². The Hall–Kier alpha value is -1.37.